The third-order valence-corrected chi connectivity index (χ3v) is 4.60. The summed E-state index contributed by atoms with van der Waals surface area (Å²) in [6, 6.07) is 7.97. The van der Waals surface area contributed by atoms with E-state index < -0.39 is 0 Å². The maximum atomic E-state index is 12.9. The van der Waals surface area contributed by atoms with Crippen molar-refractivity contribution in [2.24, 2.45) is 0 Å². The second-order valence-corrected chi connectivity index (χ2v) is 7.11. The summed E-state index contributed by atoms with van der Waals surface area (Å²) in [5.41, 5.74) is 3.91. The molecule has 0 N–H and O–H groups in total. The number of carbonyl (C=O) groups excluding carboxylic acids is 1. The highest BCUT2D eigenvalue weighted by Gasteiger charge is 2.26. The van der Waals surface area contributed by atoms with E-state index in [1.165, 1.54) is 5.56 Å². The molecule has 1 aliphatic rings. The fourth-order valence-electron chi connectivity index (χ4n) is 3.38. The predicted octanol–water partition coefficient (Wildman–Crippen LogP) is 2.87. The monoisotopic (exact) mass is 338 g/mol. The van der Waals surface area contributed by atoms with Crippen molar-refractivity contribution in [2.75, 3.05) is 27.2 Å². The van der Waals surface area contributed by atoms with Gasteiger partial charge < -0.3 is 9.80 Å². The number of aryl methyl sites for hydroxylation is 1. The summed E-state index contributed by atoms with van der Waals surface area (Å²) in [4.78, 5) is 25.8. The molecular formula is C20H26N4O. The number of amides is 1. The SMILES string of the molecule is Cc1cncc(C2CCCN(C(=O)c3ccc(CN(C)C)cc3)C2)n1. The summed E-state index contributed by atoms with van der Waals surface area (Å²) < 4.78 is 0. The third-order valence-electron chi connectivity index (χ3n) is 4.60. The lowest BCUT2D eigenvalue weighted by atomic mass is 9.94. The van der Waals surface area contributed by atoms with Crippen molar-refractivity contribution in [3.8, 4) is 0 Å². The van der Waals surface area contributed by atoms with Crippen LogP contribution in [0, 0.1) is 6.92 Å². The lowest BCUT2D eigenvalue weighted by Crippen LogP contribution is -2.39. The number of aromatic nitrogens is 2. The van der Waals surface area contributed by atoms with Gasteiger partial charge in [0.1, 0.15) is 0 Å². The molecule has 1 aliphatic heterocycles. The normalized spacial score (nSPS) is 17.8. The Kier molecular flexibility index (Phi) is 5.43. The minimum absolute atomic E-state index is 0.113. The number of nitrogens with zero attached hydrogens (tertiary/aromatic N) is 4. The maximum Gasteiger partial charge on any atom is 0.253 e. The molecule has 3 rings (SSSR count). The Morgan fingerprint density at radius 3 is 2.68 bits per heavy atom. The van der Waals surface area contributed by atoms with Crippen LogP contribution in [0.4, 0.5) is 0 Å². The van der Waals surface area contributed by atoms with E-state index >= 15 is 0 Å². The molecule has 5 heteroatoms. The van der Waals surface area contributed by atoms with Crippen LogP contribution >= 0.6 is 0 Å². The van der Waals surface area contributed by atoms with Crippen LogP contribution in [0.15, 0.2) is 36.7 Å². The molecule has 1 unspecified atom stereocenters. The van der Waals surface area contributed by atoms with Crippen LogP contribution in [0.5, 0.6) is 0 Å². The van der Waals surface area contributed by atoms with Crippen LogP contribution in [0.2, 0.25) is 0 Å². The number of hydrogen-bond donors (Lipinski definition) is 0. The van der Waals surface area contributed by atoms with Crippen molar-refractivity contribution in [3.63, 3.8) is 0 Å². The van der Waals surface area contributed by atoms with E-state index in [0.717, 1.165) is 49.4 Å². The summed E-state index contributed by atoms with van der Waals surface area (Å²) in [7, 11) is 4.09. The number of rotatable bonds is 4. The van der Waals surface area contributed by atoms with Gasteiger partial charge in [0.2, 0.25) is 0 Å². The fraction of sp³-hybridized carbons (Fsp3) is 0.450. The number of hydrogen-bond acceptors (Lipinski definition) is 4. The van der Waals surface area contributed by atoms with Gasteiger partial charge in [-0.15, -0.1) is 0 Å². The first-order valence-corrected chi connectivity index (χ1v) is 8.84. The van der Waals surface area contributed by atoms with Crippen LogP contribution in [-0.4, -0.2) is 52.9 Å². The first-order valence-electron chi connectivity index (χ1n) is 8.84. The number of benzene rings is 1. The zero-order valence-electron chi connectivity index (χ0n) is 15.3. The summed E-state index contributed by atoms with van der Waals surface area (Å²) in [5.74, 6) is 0.389. The molecule has 1 amide bonds. The fourth-order valence-corrected chi connectivity index (χ4v) is 3.38. The van der Waals surface area contributed by atoms with Crippen molar-refractivity contribution < 1.29 is 4.79 Å². The van der Waals surface area contributed by atoms with Crippen LogP contribution in [-0.2, 0) is 6.54 Å². The van der Waals surface area contributed by atoms with Crippen molar-refractivity contribution in [1.29, 1.82) is 0 Å². The zero-order valence-corrected chi connectivity index (χ0v) is 15.3. The molecule has 0 aliphatic carbocycles. The van der Waals surface area contributed by atoms with Crippen LogP contribution in [0.25, 0.3) is 0 Å². The highest BCUT2D eigenvalue weighted by molar-refractivity contribution is 5.94. The van der Waals surface area contributed by atoms with E-state index in [1.807, 2.05) is 56.4 Å². The smallest absolute Gasteiger partial charge is 0.253 e. The Morgan fingerprint density at radius 1 is 1.24 bits per heavy atom. The first kappa shape index (κ1) is 17.5. The lowest BCUT2D eigenvalue weighted by Gasteiger charge is -2.32. The summed E-state index contributed by atoms with van der Waals surface area (Å²) in [6.45, 7) is 4.37. The van der Waals surface area contributed by atoms with Gasteiger partial charge in [0.25, 0.3) is 5.91 Å². The standard InChI is InChI=1S/C20H26N4O/c1-15-11-21-12-19(22-15)18-5-4-10-24(14-18)20(25)17-8-6-16(7-9-17)13-23(2)3/h6-9,11-12,18H,4-5,10,13-14H2,1-3H3. The van der Waals surface area contributed by atoms with Gasteiger partial charge in [0.15, 0.2) is 0 Å². The molecule has 1 atom stereocenters. The minimum atomic E-state index is 0.113. The topological polar surface area (TPSA) is 49.3 Å². The van der Waals surface area contributed by atoms with Gasteiger partial charge in [-0.05, 0) is 51.6 Å². The summed E-state index contributed by atoms with van der Waals surface area (Å²) in [6.07, 6.45) is 5.67. The van der Waals surface area contributed by atoms with Gasteiger partial charge in [-0.25, -0.2) is 0 Å². The molecular weight excluding hydrogens is 312 g/mol. The Bertz CT molecular complexity index is 727. The predicted molar refractivity (Wildman–Crippen MR) is 98.5 cm³/mol. The second-order valence-electron chi connectivity index (χ2n) is 7.11. The summed E-state index contributed by atoms with van der Waals surface area (Å²) in [5, 5.41) is 0. The molecule has 0 spiro atoms. The van der Waals surface area contributed by atoms with E-state index in [1.54, 1.807) is 6.20 Å². The highest BCUT2D eigenvalue weighted by Crippen LogP contribution is 2.26. The maximum absolute atomic E-state index is 12.9. The Morgan fingerprint density at radius 2 is 2.00 bits per heavy atom. The molecule has 1 aromatic heterocycles. The van der Waals surface area contributed by atoms with Gasteiger partial charge in [0, 0.05) is 43.5 Å². The lowest BCUT2D eigenvalue weighted by molar-refractivity contribution is 0.0705. The second kappa shape index (κ2) is 7.74. The molecule has 0 radical (unpaired) electrons. The van der Waals surface area contributed by atoms with E-state index in [4.69, 9.17) is 0 Å². The van der Waals surface area contributed by atoms with Crippen molar-refractivity contribution in [3.05, 3.63) is 59.2 Å². The van der Waals surface area contributed by atoms with Crippen LogP contribution in [0.3, 0.4) is 0 Å². The molecule has 1 fully saturated rings. The molecule has 0 bridgehead atoms. The van der Waals surface area contributed by atoms with Gasteiger partial charge >= 0.3 is 0 Å². The highest BCUT2D eigenvalue weighted by atomic mass is 16.2. The van der Waals surface area contributed by atoms with Gasteiger partial charge in [0.05, 0.1) is 11.4 Å². The van der Waals surface area contributed by atoms with E-state index in [2.05, 4.69) is 14.9 Å². The van der Waals surface area contributed by atoms with E-state index in [0.29, 0.717) is 0 Å². The number of likely N-dealkylation sites (tertiary alicyclic amines) is 1. The first-order chi connectivity index (χ1) is 12.0. The zero-order chi connectivity index (χ0) is 17.8. The average Bonchev–Trinajstić information content (AvgIpc) is 2.61. The molecule has 5 nitrogen and oxygen atoms in total. The number of carbonyl (C=O) groups is 1. The van der Waals surface area contributed by atoms with Gasteiger partial charge in [-0.1, -0.05) is 12.1 Å². The quantitative estimate of drug-likeness (QED) is 0.860. The minimum Gasteiger partial charge on any atom is -0.338 e. The van der Waals surface area contributed by atoms with Gasteiger partial charge in [-0.3, -0.25) is 14.8 Å². The third kappa shape index (κ3) is 4.42. The van der Waals surface area contributed by atoms with Crippen molar-refractivity contribution in [1.82, 2.24) is 19.8 Å². The molecule has 132 valence electrons. The van der Waals surface area contributed by atoms with Crippen LogP contribution in [0.1, 0.15) is 46.1 Å². The van der Waals surface area contributed by atoms with Crippen molar-refractivity contribution >= 4 is 5.91 Å². The average molecular weight is 338 g/mol. The van der Waals surface area contributed by atoms with E-state index in [9.17, 15) is 4.79 Å². The Balaban J connectivity index is 1.69. The van der Waals surface area contributed by atoms with Crippen LogP contribution < -0.4 is 0 Å². The molecule has 1 aromatic carbocycles. The Hall–Kier alpha value is -2.27. The molecule has 0 saturated carbocycles. The molecule has 1 saturated heterocycles. The van der Waals surface area contributed by atoms with Gasteiger partial charge in [-0.2, -0.15) is 0 Å². The van der Waals surface area contributed by atoms with Crippen molar-refractivity contribution in [2.45, 2.75) is 32.2 Å². The summed E-state index contributed by atoms with van der Waals surface area (Å²) >= 11 is 0. The molecule has 25 heavy (non-hydrogen) atoms. The number of piperidine rings is 1. The largest absolute Gasteiger partial charge is 0.338 e. The Labute approximate surface area is 149 Å². The molecule has 2 aromatic rings. The molecule has 2 heterocycles. The van der Waals surface area contributed by atoms with E-state index in [-0.39, 0.29) is 11.8 Å².